The van der Waals surface area contributed by atoms with Crippen molar-refractivity contribution in [3.05, 3.63) is 65.6 Å². The van der Waals surface area contributed by atoms with E-state index in [0.717, 1.165) is 18.2 Å². The molecule has 0 saturated heterocycles. The van der Waals surface area contributed by atoms with Gasteiger partial charge < -0.3 is 14.8 Å². The van der Waals surface area contributed by atoms with E-state index in [1.807, 2.05) is 0 Å². The highest BCUT2D eigenvalue weighted by molar-refractivity contribution is 7.91. The summed E-state index contributed by atoms with van der Waals surface area (Å²) in [7, 11) is -1.88. The van der Waals surface area contributed by atoms with Gasteiger partial charge in [-0.3, -0.25) is 4.79 Å². The molecule has 33 heavy (non-hydrogen) atoms. The molecule has 0 fully saturated rings. The zero-order valence-electron chi connectivity index (χ0n) is 17.1. The van der Waals surface area contributed by atoms with E-state index in [2.05, 4.69) is 15.5 Å². The number of alkyl halides is 3. The number of ether oxygens (including phenoxy) is 2. The molecule has 0 spiro atoms. The number of benzene rings is 2. The average Bonchev–Trinajstić information content (AvgIpc) is 2.74. The van der Waals surface area contributed by atoms with Gasteiger partial charge >= 0.3 is 6.18 Å². The molecule has 1 aromatic heterocycles. The van der Waals surface area contributed by atoms with Gasteiger partial charge in [-0.15, -0.1) is 10.2 Å². The molecule has 0 aliphatic carbocycles. The second-order valence-corrected chi connectivity index (χ2v) is 8.83. The van der Waals surface area contributed by atoms with Crippen molar-refractivity contribution in [3.8, 4) is 17.4 Å². The summed E-state index contributed by atoms with van der Waals surface area (Å²) in [6.45, 7) is 0. The number of carbonyl (C=O) groups excluding carboxylic acids is 1. The fourth-order valence-corrected chi connectivity index (χ4v) is 3.29. The van der Waals surface area contributed by atoms with E-state index in [1.165, 1.54) is 37.6 Å². The maximum Gasteiger partial charge on any atom is 0.435 e. The molecule has 174 valence electrons. The van der Waals surface area contributed by atoms with Crippen molar-refractivity contribution >= 4 is 21.3 Å². The van der Waals surface area contributed by atoms with E-state index >= 15 is 0 Å². The van der Waals surface area contributed by atoms with Gasteiger partial charge in [-0.2, -0.15) is 13.2 Å². The van der Waals surface area contributed by atoms with Crippen LogP contribution in [0.25, 0.3) is 0 Å². The minimum Gasteiger partial charge on any atom is -0.493 e. The number of nitrogens with one attached hydrogen (secondary N) is 2. The van der Waals surface area contributed by atoms with Crippen LogP contribution >= 0.6 is 0 Å². The molecule has 0 unspecified atom stereocenters. The topological polar surface area (TPSA) is 114 Å². The van der Waals surface area contributed by atoms with Crippen molar-refractivity contribution in [1.82, 2.24) is 10.2 Å². The smallest absolute Gasteiger partial charge is 0.435 e. The van der Waals surface area contributed by atoms with E-state index in [4.69, 9.17) is 14.3 Å². The summed E-state index contributed by atoms with van der Waals surface area (Å²) in [5, 5.41) is 8.80. The number of rotatable bonds is 6. The molecule has 1 amide bonds. The van der Waals surface area contributed by atoms with Gasteiger partial charge in [0.1, 0.15) is 11.4 Å². The number of anilines is 1. The van der Waals surface area contributed by atoms with E-state index in [9.17, 15) is 26.6 Å². The highest BCUT2D eigenvalue weighted by atomic mass is 32.2. The molecule has 8 nitrogen and oxygen atoms in total. The third kappa shape index (κ3) is 5.74. The first-order valence-electron chi connectivity index (χ1n) is 9.00. The Bertz CT molecular complexity index is 1310. The molecule has 2 aromatic carbocycles. The van der Waals surface area contributed by atoms with Gasteiger partial charge in [-0.05, 0) is 36.4 Å². The number of methoxy groups -OCH3 is 1. The SMILES string of the molecule is COc1cc(F)ccc1Oc1nnc(C(F)(F)F)cc1C(=O)Nc1cccc([S@](C)(=N)=O)c1. The lowest BCUT2D eigenvalue weighted by molar-refractivity contribution is -0.141. The normalized spacial score (nSPS) is 13.2. The number of aromatic nitrogens is 2. The van der Waals surface area contributed by atoms with Crippen LogP contribution in [0.4, 0.5) is 23.2 Å². The van der Waals surface area contributed by atoms with Crippen molar-refractivity contribution in [3.63, 3.8) is 0 Å². The number of hydrogen-bond acceptors (Lipinski definition) is 7. The second-order valence-electron chi connectivity index (χ2n) is 6.67. The largest absolute Gasteiger partial charge is 0.493 e. The molecule has 0 saturated carbocycles. The molecule has 0 aliphatic heterocycles. The molecule has 3 rings (SSSR count). The fraction of sp³-hybridized carbons (Fsp3) is 0.150. The lowest BCUT2D eigenvalue weighted by Gasteiger charge is -2.14. The molecule has 0 bridgehead atoms. The van der Waals surface area contributed by atoms with Crippen molar-refractivity contribution in [2.24, 2.45) is 0 Å². The lowest BCUT2D eigenvalue weighted by atomic mass is 10.2. The van der Waals surface area contributed by atoms with Gasteiger partial charge in [0.05, 0.1) is 16.8 Å². The average molecular weight is 484 g/mol. The minimum atomic E-state index is -4.90. The number of halogens is 4. The van der Waals surface area contributed by atoms with Crippen LogP contribution in [0.2, 0.25) is 0 Å². The summed E-state index contributed by atoms with van der Waals surface area (Å²) in [6.07, 6.45) is -3.72. The quantitative estimate of drug-likeness (QED) is 0.490. The number of nitrogens with zero attached hydrogens (tertiary/aromatic N) is 2. The predicted octanol–water partition coefficient (Wildman–Crippen LogP) is 4.72. The van der Waals surface area contributed by atoms with E-state index in [-0.39, 0.29) is 22.1 Å². The van der Waals surface area contributed by atoms with E-state index in [0.29, 0.717) is 6.07 Å². The summed E-state index contributed by atoms with van der Waals surface area (Å²) in [5.74, 6) is -2.51. The van der Waals surface area contributed by atoms with Crippen molar-refractivity contribution in [2.45, 2.75) is 11.1 Å². The standard InChI is InChI=1S/C20H16F4N4O4S/c1-31-16-8-11(21)6-7-15(16)32-19-14(10-17(27-28-19)20(22,23)24)18(29)26-12-4-3-5-13(9-12)33(2,25)30/h3-10,25H,1-2H3,(H,26,29)/t33-/m1/s1. The van der Waals surface area contributed by atoms with Crippen molar-refractivity contribution in [1.29, 1.82) is 4.78 Å². The van der Waals surface area contributed by atoms with Crippen LogP contribution in [0, 0.1) is 10.6 Å². The number of carbonyl (C=O) groups is 1. The van der Waals surface area contributed by atoms with Crippen molar-refractivity contribution < 1.29 is 36.0 Å². The predicted molar refractivity (Wildman–Crippen MR) is 110 cm³/mol. The molecular formula is C20H16F4N4O4S. The Balaban J connectivity index is 2.02. The Kier molecular flexibility index (Phi) is 6.53. The first-order chi connectivity index (χ1) is 15.4. The Labute approximate surface area is 185 Å². The van der Waals surface area contributed by atoms with Crippen LogP contribution in [-0.4, -0.2) is 33.7 Å². The summed E-state index contributed by atoms with van der Waals surface area (Å²) < 4.78 is 82.9. The molecular weight excluding hydrogens is 468 g/mol. The van der Waals surface area contributed by atoms with Gasteiger partial charge in [0.2, 0.25) is 0 Å². The molecule has 13 heteroatoms. The zero-order chi connectivity index (χ0) is 24.4. The molecule has 1 atom stereocenters. The molecule has 0 radical (unpaired) electrons. The van der Waals surface area contributed by atoms with Crippen molar-refractivity contribution in [2.75, 3.05) is 18.7 Å². The minimum absolute atomic E-state index is 0.0787. The van der Waals surface area contributed by atoms with Gasteiger partial charge in [-0.25, -0.2) is 13.4 Å². The first kappa shape index (κ1) is 23.9. The van der Waals surface area contributed by atoms with Crippen LogP contribution in [0.5, 0.6) is 17.4 Å². The summed E-state index contributed by atoms with van der Waals surface area (Å²) >= 11 is 0. The second kappa shape index (κ2) is 9.02. The van der Waals surface area contributed by atoms with Gasteiger partial charge in [0.25, 0.3) is 11.8 Å². The van der Waals surface area contributed by atoms with E-state index in [1.54, 1.807) is 0 Å². The molecule has 0 aliphatic rings. The van der Waals surface area contributed by atoms with Crippen LogP contribution in [0.1, 0.15) is 16.1 Å². The fourth-order valence-electron chi connectivity index (χ4n) is 2.60. The van der Waals surface area contributed by atoms with Gasteiger partial charge in [0, 0.05) is 22.9 Å². The van der Waals surface area contributed by atoms with E-state index < -0.39 is 44.8 Å². The number of amides is 1. The summed E-state index contributed by atoms with van der Waals surface area (Å²) in [6, 6.07) is 9.08. The summed E-state index contributed by atoms with van der Waals surface area (Å²) in [5.41, 5.74) is -1.99. The first-order valence-corrected chi connectivity index (χ1v) is 11.0. The number of hydrogen-bond donors (Lipinski definition) is 2. The Hall–Kier alpha value is -3.74. The molecule has 2 N–H and O–H groups in total. The van der Waals surface area contributed by atoms with Crippen LogP contribution < -0.4 is 14.8 Å². The zero-order valence-corrected chi connectivity index (χ0v) is 17.9. The summed E-state index contributed by atoms with van der Waals surface area (Å²) in [4.78, 5) is 12.9. The Morgan fingerprint density at radius 3 is 2.45 bits per heavy atom. The van der Waals surface area contributed by atoms with Crippen LogP contribution in [0.3, 0.4) is 0 Å². The third-order valence-electron chi connectivity index (χ3n) is 4.17. The maximum atomic E-state index is 13.4. The molecule has 1 heterocycles. The Morgan fingerprint density at radius 1 is 1.09 bits per heavy atom. The van der Waals surface area contributed by atoms with Crippen LogP contribution in [-0.2, 0) is 15.9 Å². The Morgan fingerprint density at radius 2 is 1.82 bits per heavy atom. The van der Waals surface area contributed by atoms with Gasteiger partial charge in [0.15, 0.2) is 17.2 Å². The van der Waals surface area contributed by atoms with Gasteiger partial charge in [-0.1, -0.05) is 6.07 Å². The highest BCUT2D eigenvalue weighted by Gasteiger charge is 2.35. The maximum absolute atomic E-state index is 13.4. The monoisotopic (exact) mass is 484 g/mol. The lowest BCUT2D eigenvalue weighted by Crippen LogP contribution is -2.18. The van der Waals surface area contributed by atoms with Crippen LogP contribution in [0.15, 0.2) is 53.4 Å². The molecule has 3 aromatic rings. The highest BCUT2D eigenvalue weighted by Crippen LogP contribution is 2.35. The third-order valence-corrected chi connectivity index (χ3v) is 5.32.